The molecule has 3 heteroatoms. The Hall–Kier alpha value is -1.09. The van der Waals surface area contributed by atoms with Crippen molar-refractivity contribution in [1.29, 1.82) is 0 Å². The normalized spacial score (nSPS) is 21.1. The van der Waals surface area contributed by atoms with Crippen LogP contribution in [0.15, 0.2) is 24.5 Å². The Labute approximate surface area is 91.5 Å². The minimum Gasteiger partial charge on any atom is -0.368 e. The monoisotopic (exact) mass is 205 g/mol. The number of nitrogens with zero attached hydrogens (tertiary/aromatic N) is 2. The third kappa shape index (κ3) is 2.69. The standard InChI is InChI=1S/C12H19N3/c1-12(2)9-14-6-7-15(10-12)11-4-3-5-13-8-11/h3-5,8,14H,6-7,9-10H2,1-2H3. The summed E-state index contributed by atoms with van der Waals surface area (Å²) < 4.78 is 0. The van der Waals surface area contributed by atoms with E-state index in [0.29, 0.717) is 5.41 Å². The molecule has 0 aromatic carbocycles. The van der Waals surface area contributed by atoms with Gasteiger partial charge in [0.25, 0.3) is 0 Å². The van der Waals surface area contributed by atoms with Crippen LogP contribution in [0, 0.1) is 5.41 Å². The Morgan fingerprint density at radius 3 is 3.07 bits per heavy atom. The van der Waals surface area contributed by atoms with Crippen molar-refractivity contribution in [1.82, 2.24) is 10.3 Å². The molecule has 3 nitrogen and oxygen atoms in total. The van der Waals surface area contributed by atoms with Gasteiger partial charge in [0.2, 0.25) is 0 Å². The molecule has 1 aromatic heterocycles. The molecule has 1 aliphatic heterocycles. The van der Waals surface area contributed by atoms with Gasteiger partial charge in [0, 0.05) is 32.4 Å². The van der Waals surface area contributed by atoms with Crippen molar-refractivity contribution in [3.8, 4) is 0 Å². The predicted octanol–water partition coefficient (Wildman–Crippen LogP) is 1.52. The van der Waals surface area contributed by atoms with Crippen LogP contribution in [0.1, 0.15) is 13.8 Å². The number of rotatable bonds is 1. The number of hydrogen-bond donors (Lipinski definition) is 1. The molecule has 1 fully saturated rings. The van der Waals surface area contributed by atoms with Crippen LogP contribution in [-0.2, 0) is 0 Å². The molecule has 0 radical (unpaired) electrons. The van der Waals surface area contributed by atoms with Gasteiger partial charge in [-0.15, -0.1) is 0 Å². The van der Waals surface area contributed by atoms with Crippen LogP contribution < -0.4 is 10.2 Å². The zero-order valence-electron chi connectivity index (χ0n) is 9.53. The van der Waals surface area contributed by atoms with Gasteiger partial charge in [-0.1, -0.05) is 13.8 Å². The molecular formula is C12H19N3. The van der Waals surface area contributed by atoms with Crippen LogP contribution in [0.25, 0.3) is 0 Å². The van der Waals surface area contributed by atoms with Gasteiger partial charge in [-0.05, 0) is 17.5 Å². The molecule has 15 heavy (non-hydrogen) atoms. The highest BCUT2D eigenvalue weighted by Gasteiger charge is 2.24. The summed E-state index contributed by atoms with van der Waals surface area (Å²) in [7, 11) is 0. The molecule has 2 rings (SSSR count). The van der Waals surface area contributed by atoms with E-state index in [-0.39, 0.29) is 0 Å². The Bertz CT molecular complexity index is 308. The second-order valence-corrected chi connectivity index (χ2v) is 4.97. The molecule has 82 valence electrons. The van der Waals surface area contributed by atoms with E-state index in [1.165, 1.54) is 5.69 Å². The average Bonchev–Trinajstić information content (AvgIpc) is 2.41. The highest BCUT2D eigenvalue weighted by Crippen LogP contribution is 2.22. The molecule has 2 heterocycles. The molecule has 0 saturated carbocycles. The van der Waals surface area contributed by atoms with E-state index >= 15 is 0 Å². The zero-order valence-corrected chi connectivity index (χ0v) is 9.53. The summed E-state index contributed by atoms with van der Waals surface area (Å²) in [4.78, 5) is 6.59. The van der Waals surface area contributed by atoms with Crippen LogP contribution in [0.5, 0.6) is 0 Å². The van der Waals surface area contributed by atoms with E-state index in [0.717, 1.165) is 26.2 Å². The first kappa shape index (κ1) is 10.4. The summed E-state index contributed by atoms with van der Waals surface area (Å²) in [5, 5.41) is 3.48. The lowest BCUT2D eigenvalue weighted by molar-refractivity contribution is 0.370. The number of nitrogens with one attached hydrogen (secondary N) is 1. The van der Waals surface area contributed by atoms with Crippen LogP contribution in [0.2, 0.25) is 0 Å². The van der Waals surface area contributed by atoms with Gasteiger partial charge in [-0.2, -0.15) is 0 Å². The van der Waals surface area contributed by atoms with E-state index in [1.807, 2.05) is 18.5 Å². The van der Waals surface area contributed by atoms with Gasteiger partial charge < -0.3 is 10.2 Å². The smallest absolute Gasteiger partial charge is 0.0553 e. The van der Waals surface area contributed by atoms with Crippen molar-refractivity contribution in [3.63, 3.8) is 0 Å². The van der Waals surface area contributed by atoms with Crippen LogP contribution >= 0.6 is 0 Å². The van der Waals surface area contributed by atoms with Crippen LogP contribution in [0.4, 0.5) is 5.69 Å². The molecule has 0 amide bonds. The lowest BCUT2D eigenvalue weighted by Crippen LogP contribution is -2.35. The topological polar surface area (TPSA) is 28.2 Å². The maximum atomic E-state index is 4.18. The molecule has 1 aromatic rings. The first-order chi connectivity index (χ1) is 7.17. The summed E-state index contributed by atoms with van der Waals surface area (Å²) >= 11 is 0. The minimum absolute atomic E-state index is 0.326. The highest BCUT2D eigenvalue weighted by atomic mass is 15.2. The molecular weight excluding hydrogens is 186 g/mol. The largest absolute Gasteiger partial charge is 0.368 e. The van der Waals surface area contributed by atoms with E-state index < -0.39 is 0 Å². The fourth-order valence-electron chi connectivity index (χ4n) is 2.05. The summed E-state index contributed by atoms with van der Waals surface area (Å²) in [5.74, 6) is 0. The van der Waals surface area contributed by atoms with Crippen molar-refractivity contribution in [2.75, 3.05) is 31.1 Å². The number of anilines is 1. The average molecular weight is 205 g/mol. The van der Waals surface area contributed by atoms with Crippen LogP contribution in [-0.4, -0.2) is 31.2 Å². The SMILES string of the molecule is CC1(C)CNCCN(c2cccnc2)C1. The van der Waals surface area contributed by atoms with Crippen molar-refractivity contribution in [2.24, 2.45) is 5.41 Å². The van der Waals surface area contributed by atoms with Gasteiger partial charge in [-0.3, -0.25) is 4.98 Å². The maximum Gasteiger partial charge on any atom is 0.0553 e. The summed E-state index contributed by atoms with van der Waals surface area (Å²) in [5.41, 5.74) is 1.56. The Morgan fingerprint density at radius 1 is 1.47 bits per heavy atom. The van der Waals surface area contributed by atoms with Gasteiger partial charge in [0.05, 0.1) is 11.9 Å². The fraction of sp³-hybridized carbons (Fsp3) is 0.583. The molecule has 0 aliphatic carbocycles. The number of hydrogen-bond acceptors (Lipinski definition) is 3. The lowest BCUT2D eigenvalue weighted by atomic mass is 9.93. The molecule has 0 unspecified atom stereocenters. The van der Waals surface area contributed by atoms with Crippen molar-refractivity contribution in [2.45, 2.75) is 13.8 Å². The fourth-order valence-corrected chi connectivity index (χ4v) is 2.05. The third-order valence-corrected chi connectivity index (χ3v) is 2.79. The maximum absolute atomic E-state index is 4.18. The van der Waals surface area contributed by atoms with Gasteiger partial charge in [-0.25, -0.2) is 0 Å². The molecule has 1 aliphatic rings. The third-order valence-electron chi connectivity index (χ3n) is 2.79. The van der Waals surface area contributed by atoms with Crippen molar-refractivity contribution in [3.05, 3.63) is 24.5 Å². The van der Waals surface area contributed by atoms with E-state index in [9.17, 15) is 0 Å². The van der Waals surface area contributed by atoms with E-state index in [2.05, 4.69) is 35.1 Å². The number of aromatic nitrogens is 1. The van der Waals surface area contributed by atoms with Crippen LogP contribution in [0.3, 0.4) is 0 Å². The van der Waals surface area contributed by atoms with Crippen molar-refractivity contribution >= 4 is 5.69 Å². The molecule has 1 N–H and O–H groups in total. The number of pyridine rings is 1. The summed E-state index contributed by atoms with van der Waals surface area (Å²) in [6, 6.07) is 4.13. The van der Waals surface area contributed by atoms with E-state index in [4.69, 9.17) is 0 Å². The van der Waals surface area contributed by atoms with E-state index in [1.54, 1.807) is 0 Å². The predicted molar refractivity (Wildman–Crippen MR) is 63.1 cm³/mol. The molecule has 0 spiro atoms. The summed E-state index contributed by atoms with van der Waals surface area (Å²) in [6.45, 7) is 8.90. The quantitative estimate of drug-likeness (QED) is 0.753. The van der Waals surface area contributed by atoms with Gasteiger partial charge >= 0.3 is 0 Å². The second kappa shape index (κ2) is 4.19. The van der Waals surface area contributed by atoms with Crippen molar-refractivity contribution < 1.29 is 0 Å². The second-order valence-electron chi connectivity index (χ2n) is 4.97. The Balaban J connectivity index is 2.15. The zero-order chi connectivity index (χ0) is 10.7. The first-order valence-corrected chi connectivity index (χ1v) is 5.53. The Morgan fingerprint density at radius 2 is 2.33 bits per heavy atom. The molecule has 0 bridgehead atoms. The first-order valence-electron chi connectivity index (χ1n) is 5.53. The van der Waals surface area contributed by atoms with Gasteiger partial charge in [0.15, 0.2) is 0 Å². The lowest BCUT2D eigenvalue weighted by Gasteiger charge is -2.30. The Kier molecular flexibility index (Phi) is 2.91. The molecule has 0 atom stereocenters. The molecule has 1 saturated heterocycles. The highest BCUT2D eigenvalue weighted by molar-refractivity contribution is 5.44. The van der Waals surface area contributed by atoms with Gasteiger partial charge in [0.1, 0.15) is 0 Å². The summed E-state index contributed by atoms with van der Waals surface area (Å²) in [6.07, 6.45) is 3.77. The minimum atomic E-state index is 0.326.